The standard InChI is InChI=1S/C10H10N4O3S/c1-2-7-3-4-9(18-7)8(15)5-13-6-11-10(12-13)14(16)17/h3-4,6H,2,5H2,1H3. The summed E-state index contributed by atoms with van der Waals surface area (Å²) in [6, 6.07) is 3.67. The minimum atomic E-state index is -0.693. The van der Waals surface area contributed by atoms with Gasteiger partial charge in [0.2, 0.25) is 6.33 Å². The van der Waals surface area contributed by atoms with Crippen molar-refractivity contribution in [2.24, 2.45) is 0 Å². The number of ketones is 1. The van der Waals surface area contributed by atoms with E-state index in [1.807, 2.05) is 13.0 Å². The number of hydrogen-bond acceptors (Lipinski definition) is 6. The number of nitrogens with zero attached hydrogens (tertiary/aromatic N) is 4. The van der Waals surface area contributed by atoms with E-state index in [1.54, 1.807) is 6.07 Å². The van der Waals surface area contributed by atoms with Gasteiger partial charge in [-0.3, -0.25) is 4.79 Å². The maximum absolute atomic E-state index is 11.9. The van der Waals surface area contributed by atoms with E-state index < -0.39 is 10.9 Å². The minimum Gasteiger partial charge on any atom is -0.390 e. The lowest BCUT2D eigenvalue weighted by atomic mass is 10.3. The Balaban J connectivity index is 2.08. The van der Waals surface area contributed by atoms with E-state index in [-0.39, 0.29) is 12.3 Å². The summed E-state index contributed by atoms with van der Waals surface area (Å²) in [6.07, 6.45) is 2.07. The maximum atomic E-state index is 11.9. The number of thiophene rings is 1. The Labute approximate surface area is 106 Å². The van der Waals surface area contributed by atoms with E-state index in [0.29, 0.717) is 4.88 Å². The summed E-state index contributed by atoms with van der Waals surface area (Å²) >= 11 is 1.43. The van der Waals surface area contributed by atoms with Crippen LogP contribution in [-0.2, 0) is 13.0 Å². The fourth-order valence-corrected chi connectivity index (χ4v) is 2.26. The fourth-order valence-electron chi connectivity index (χ4n) is 1.39. The van der Waals surface area contributed by atoms with Gasteiger partial charge in [0.05, 0.1) is 4.88 Å². The fraction of sp³-hybridized carbons (Fsp3) is 0.300. The predicted octanol–water partition coefficient (Wildman–Crippen LogP) is 1.69. The zero-order valence-corrected chi connectivity index (χ0v) is 10.4. The zero-order chi connectivity index (χ0) is 13.1. The highest BCUT2D eigenvalue weighted by molar-refractivity contribution is 7.14. The third-order valence-corrected chi connectivity index (χ3v) is 3.55. The van der Waals surface area contributed by atoms with Gasteiger partial charge in [0, 0.05) is 9.98 Å². The van der Waals surface area contributed by atoms with Crippen molar-refractivity contribution in [2.75, 3.05) is 0 Å². The van der Waals surface area contributed by atoms with E-state index in [2.05, 4.69) is 10.1 Å². The van der Waals surface area contributed by atoms with Gasteiger partial charge in [0.15, 0.2) is 5.78 Å². The number of aromatic nitrogens is 3. The third-order valence-electron chi connectivity index (χ3n) is 2.28. The largest absolute Gasteiger partial charge is 0.490 e. The first-order chi connectivity index (χ1) is 8.60. The Morgan fingerprint density at radius 1 is 1.56 bits per heavy atom. The molecule has 18 heavy (non-hydrogen) atoms. The molecule has 0 unspecified atom stereocenters. The van der Waals surface area contributed by atoms with Gasteiger partial charge in [0.25, 0.3) is 0 Å². The van der Waals surface area contributed by atoms with E-state index in [9.17, 15) is 14.9 Å². The smallest absolute Gasteiger partial charge is 0.390 e. The van der Waals surface area contributed by atoms with Gasteiger partial charge in [-0.25, -0.2) is 0 Å². The highest BCUT2D eigenvalue weighted by Crippen LogP contribution is 2.18. The van der Waals surface area contributed by atoms with Crippen molar-refractivity contribution in [1.29, 1.82) is 0 Å². The normalized spacial score (nSPS) is 10.5. The molecule has 7 nitrogen and oxygen atoms in total. The summed E-state index contributed by atoms with van der Waals surface area (Å²) in [6.45, 7) is 1.98. The topological polar surface area (TPSA) is 90.9 Å². The summed E-state index contributed by atoms with van der Waals surface area (Å²) in [5, 5.41) is 14.0. The average molecular weight is 266 g/mol. The molecule has 2 heterocycles. The lowest BCUT2D eigenvalue weighted by Crippen LogP contribution is -2.09. The van der Waals surface area contributed by atoms with Crippen LogP contribution in [0.3, 0.4) is 0 Å². The molecule has 94 valence electrons. The van der Waals surface area contributed by atoms with Crippen LogP contribution in [0.1, 0.15) is 21.5 Å². The molecule has 0 saturated heterocycles. The number of hydrogen-bond donors (Lipinski definition) is 0. The Hall–Kier alpha value is -2.09. The van der Waals surface area contributed by atoms with Crippen LogP contribution in [0.25, 0.3) is 0 Å². The minimum absolute atomic E-state index is 0.0372. The van der Waals surface area contributed by atoms with Gasteiger partial charge >= 0.3 is 5.95 Å². The Kier molecular flexibility index (Phi) is 3.47. The highest BCUT2D eigenvalue weighted by Gasteiger charge is 2.16. The number of Topliss-reactive ketones (excluding diaryl/α,β-unsaturated/α-hetero) is 1. The average Bonchev–Trinajstić information content (AvgIpc) is 2.96. The monoisotopic (exact) mass is 266 g/mol. The molecule has 0 amide bonds. The predicted molar refractivity (Wildman–Crippen MR) is 64.7 cm³/mol. The van der Waals surface area contributed by atoms with Crippen LogP contribution in [0.4, 0.5) is 5.95 Å². The van der Waals surface area contributed by atoms with Crippen molar-refractivity contribution in [1.82, 2.24) is 14.8 Å². The molecule has 0 aliphatic heterocycles. The highest BCUT2D eigenvalue weighted by atomic mass is 32.1. The van der Waals surface area contributed by atoms with Crippen LogP contribution in [0.15, 0.2) is 18.5 Å². The maximum Gasteiger partial charge on any atom is 0.490 e. The number of rotatable bonds is 5. The van der Waals surface area contributed by atoms with E-state index in [1.165, 1.54) is 22.3 Å². The van der Waals surface area contributed by atoms with Crippen molar-refractivity contribution < 1.29 is 9.72 Å². The van der Waals surface area contributed by atoms with Crippen molar-refractivity contribution in [2.45, 2.75) is 19.9 Å². The first-order valence-electron chi connectivity index (χ1n) is 5.26. The molecule has 2 aromatic rings. The molecule has 0 atom stereocenters. The van der Waals surface area contributed by atoms with E-state index in [4.69, 9.17) is 0 Å². The second kappa shape index (κ2) is 5.05. The first-order valence-corrected chi connectivity index (χ1v) is 6.07. The van der Waals surface area contributed by atoms with Crippen LogP contribution < -0.4 is 0 Å². The van der Waals surface area contributed by atoms with Crippen molar-refractivity contribution in [3.63, 3.8) is 0 Å². The molecule has 0 N–H and O–H groups in total. The van der Waals surface area contributed by atoms with E-state index in [0.717, 1.165) is 11.3 Å². The summed E-state index contributed by atoms with van der Waals surface area (Å²) in [7, 11) is 0. The zero-order valence-electron chi connectivity index (χ0n) is 9.57. The molecule has 0 spiro atoms. The van der Waals surface area contributed by atoms with Gasteiger partial charge in [0.1, 0.15) is 6.54 Å². The van der Waals surface area contributed by atoms with Crippen LogP contribution in [0.5, 0.6) is 0 Å². The van der Waals surface area contributed by atoms with Gasteiger partial charge < -0.3 is 10.1 Å². The summed E-state index contributed by atoms with van der Waals surface area (Å²) in [4.78, 5) is 26.8. The molecular formula is C10H10N4O3S. The molecule has 0 fully saturated rings. The third kappa shape index (κ3) is 2.59. The van der Waals surface area contributed by atoms with Gasteiger partial charge in [-0.2, -0.15) is 4.68 Å². The van der Waals surface area contributed by atoms with Crippen LogP contribution in [-0.4, -0.2) is 25.5 Å². The SMILES string of the molecule is CCc1ccc(C(=O)Cn2cnc([N+](=O)[O-])n2)s1. The van der Waals surface area contributed by atoms with Gasteiger partial charge in [-0.05, 0) is 23.5 Å². The van der Waals surface area contributed by atoms with Crippen LogP contribution in [0, 0.1) is 10.1 Å². The van der Waals surface area contributed by atoms with Crippen molar-refractivity contribution in [3.05, 3.63) is 38.3 Å². The van der Waals surface area contributed by atoms with Crippen molar-refractivity contribution >= 4 is 23.1 Å². The van der Waals surface area contributed by atoms with Crippen LogP contribution >= 0.6 is 11.3 Å². The molecule has 0 bridgehead atoms. The molecular weight excluding hydrogens is 256 g/mol. The quantitative estimate of drug-likeness (QED) is 0.466. The summed E-state index contributed by atoms with van der Waals surface area (Å²) < 4.78 is 1.17. The lowest BCUT2D eigenvalue weighted by Gasteiger charge is -1.94. The molecule has 0 saturated carbocycles. The lowest BCUT2D eigenvalue weighted by molar-refractivity contribution is -0.394. The van der Waals surface area contributed by atoms with E-state index >= 15 is 0 Å². The second-order valence-electron chi connectivity index (χ2n) is 3.54. The molecule has 8 heteroatoms. The Morgan fingerprint density at radius 2 is 2.33 bits per heavy atom. The summed E-state index contributed by atoms with van der Waals surface area (Å²) in [5.74, 6) is -0.622. The van der Waals surface area contributed by atoms with Gasteiger partial charge in [-0.1, -0.05) is 11.9 Å². The molecule has 0 radical (unpaired) electrons. The number of nitro groups is 1. The molecule has 2 rings (SSSR count). The molecule has 2 aromatic heterocycles. The number of carbonyl (C=O) groups excluding carboxylic acids is 1. The molecule has 0 aliphatic rings. The molecule has 0 aromatic carbocycles. The number of aryl methyl sites for hydroxylation is 1. The number of carbonyl (C=O) groups is 1. The van der Waals surface area contributed by atoms with Crippen LogP contribution in [0.2, 0.25) is 0 Å². The first kappa shape index (κ1) is 12.4. The second-order valence-corrected chi connectivity index (χ2v) is 4.71. The van der Waals surface area contributed by atoms with Gasteiger partial charge in [-0.15, -0.1) is 11.3 Å². The molecule has 0 aliphatic carbocycles. The van der Waals surface area contributed by atoms with Crippen molar-refractivity contribution in [3.8, 4) is 0 Å². The summed E-state index contributed by atoms with van der Waals surface area (Å²) in [5.41, 5.74) is 0. The Morgan fingerprint density at radius 3 is 2.89 bits per heavy atom. The Bertz CT molecular complexity index is 589.